The highest BCUT2D eigenvalue weighted by Crippen LogP contribution is 2.35. The average Bonchev–Trinajstić information content (AvgIpc) is 3.18. The highest BCUT2D eigenvalue weighted by atomic mass is 16.6. The second-order valence-electron chi connectivity index (χ2n) is 6.10. The number of hydrogen-bond donors (Lipinski definition) is 0. The minimum Gasteiger partial charge on any atom is -0.497 e. The molecule has 0 spiro atoms. The van der Waals surface area contributed by atoms with E-state index in [2.05, 4.69) is 15.1 Å². The van der Waals surface area contributed by atoms with E-state index in [1.165, 1.54) is 0 Å². The van der Waals surface area contributed by atoms with Crippen molar-refractivity contribution < 1.29 is 14.2 Å². The number of fused-ring (bicyclic) bond motifs is 2. The fraction of sp³-hybridized carbons (Fsp3) is 0.150. The lowest BCUT2D eigenvalue weighted by Gasteiger charge is -2.24. The molecule has 0 radical (unpaired) electrons. The van der Waals surface area contributed by atoms with Gasteiger partial charge in [-0.3, -0.25) is 0 Å². The zero-order valence-corrected chi connectivity index (χ0v) is 14.6. The molecule has 3 heterocycles. The van der Waals surface area contributed by atoms with Gasteiger partial charge in [0.2, 0.25) is 0 Å². The number of benzene rings is 2. The smallest absolute Gasteiger partial charge is 0.253 e. The molecule has 7 nitrogen and oxygen atoms in total. The van der Waals surface area contributed by atoms with Crippen molar-refractivity contribution in [1.82, 2.24) is 19.6 Å². The van der Waals surface area contributed by atoms with Crippen LogP contribution in [0, 0.1) is 0 Å². The molecule has 5 rings (SSSR count). The van der Waals surface area contributed by atoms with Crippen LogP contribution in [0.5, 0.6) is 17.2 Å². The van der Waals surface area contributed by atoms with Gasteiger partial charge in [0.1, 0.15) is 12.4 Å². The minimum atomic E-state index is -0.384. The maximum Gasteiger partial charge on any atom is 0.253 e. The maximum atomic E-state index is 6.02. The van der Waals surface area contributed by atoms with Gasteiger partial charge < -0.3 is 14.2 Å². The summed E-state index contributed by atoms with van der Waals surface area (Å²) in [6.45, 7) is 0.353. The van der Waals surface area contributed by atoms with Crippen LogP contribution in [-0.4, -0.2) is 33.3 Å². The van der Waals surface area contributed by atoms with Gasteiger partial charge in [-0.15, -0.1) is 5.10 Å². The van der Waals surface area contributed by atoms with Crippen molar-refractivity contribution in [3.8, 4) is 28.5 Å². The lowest BCUT2D eigenvalue weighted by Crippen LogP contribution is -2.22. The lowest BCUT2D eigenvalue weighted by atomic mass is 10.1. The average molecular weight is 360 g/mol. The molecule has 2 aromatic heterocycles. The molecule has 27 heavy (non-hydrogen) atoms. The summed E-state index contributed by atoms with van der Waals surface area (Å²) in [5.41, 5.74) is 1.88. The van der Waals surface area contributed by atoms with Crippen LogP contribution in [0.2, 0.25) is 0 Å². The summed E-state index contributed by atoms with van der Waals surface area (Å²) in [6.07, 6.45) is 1.34. The molecule has 0 aliphatic carbocycles. The summed E-state index contributed by atoms with van der Waals surface area (Å²) >= 11 is 0. The monoisotopic (exact) mass is 360 g/mol. The molecule has 7 heteroatoms. The second-order valence-corrected chi connectivity index (χ2v) is 6.10. The molecule has 1 aliphatic rings. The number of nitrogens with zero attached hydrogens (tertiary/aromatic N) is 4. The first-order valence-corrected chi connectivity index (χ1v) is 8.56. The van der Waals surface area contributed by atoms with Gasteiger partial charge in [-0.2, -0.15) is 9.50 Å². The number of para-hydroxylation sites is 2. The number of methoxy groups -OCH3 is 1. The quantitative estimate of drug-likeness (QED) is 0.558. The van der Waals surface area contributed by atoms with Gasteiger partial charge in [-0.1, -0.05) is 12.1 Å². The number of aromatic nitrogens is 4. The van der Waals surface area contributed by atoms with Gasteiger partial charge in [0.15, 0.2) is 23.4 Å². The SMILES string of the molecule is COc1ccc(-c2ccnc3nc(C4COc5ccccc5O4)nn23)cc1. The van der Waals surface area contributed by atoms with Crippen molar-refractivity contribution >= 4 is 5.78 Å². The van der Waals surface area contributed by atoms with E-state index in [1.807, 2.05) is 54.6 Å². The molecule has 0 saturated heterocycles. The molecule has 0 bridgehead atoms. The summed E-state index contributed by atoms with van der Waals surface area (Å²) in [6, 6.07) is 17.3. The summed E-state index contributed by atoms with van der Waals surface area (Å²) in [5, 5.41) is 4.64. The van der Waals surface area contributed by atoms with E-state index >= 15 is 0 Å². The van der Waals surface area contributed by atoms with E-state index in [9.17, 15) is 0 Å². The van der Waals surface area contributed by atoms with Crippen molar-refractivity contribution in [2.45, 2.75) is 6.10 Å². The van der Waals surface area contributed by atoms with Crippen molar-refractivity contribution in [1.29, 1.82) is 0 Å². The number of hydrogen-bond acceptors (Lipinski definition) is 6. The molecule has 2 aromatic carbocycles. The Labute approximate surface area is 155 Å². The van der Waals surface area contributed by atoms with Crippen LogP contribution in [0.1, 0.15) is 11.9 Å². The Bertz CT molecular complexity index is 1110. The van der Waals surface area contributed by atoms with Crippen molar-refractivity contribution in [3.05, 3.63) is 66.6 Å². The molecule has 0 N–H and O–H groups in total. The highest BCUT2D eigenvalue weighted by molar-refractivity contribution is 5.62. The van der Waals surface area contributed by atoms with Crippen molar-refractivity contribution in [2.24, 2.45) is 0 Å². The molecule has 134 valence electrons. The van der Waals surface area contributed by atoms with E-state index in [-0.39, 0.29) is 6.10 Å². The van der Waals surface area contributed by atoms with Crippen LogP contribution in [0.15, 0.2) is 60.8 Å². The molecule has 1 unspecified atom stereocenters. The van der Waals surface area contributed by atoms with Gasteiger partial charge in [0.25, 0.3) is 5.78 Å². The van der Waals surface area contributed by atoms with Crippen molar-refractivity contribution in [2.75, 3.05) is 13.7 Å². The van der Waals surface area contributed by atoms with Gasteiger partial charge in [-0.05, 0) is 42.5 Å². The van der Waals surface area contributed by atoms with Crippen LogP contribution in [0.4, 0.5) is 0 Å². The minimum absolute atomic E-state index is 0.353. The molecule has 1 atom stereocenters. The third-order valence-electron chi connectivity index (χ3n) is 4.44. The standard InChI is InChI=1S/C20H16N4O3/c1-25-14-8-6-13(7-9-14)15-10-11-21-20-22-19(23-24(15)20)18-12-26-16-4-2-3-5-17(16)27-18/h2-11,18H,12H2,1H3. The van der Waals surface area contributed by atoms with E-state index in [4.69, 9.17) is 14.2 Å². The zero-order valence-electron chi connectivity index (χ0n) is 14.6. The Morgan fingerprint density at radius 1 is 1.04 bits per heavy atom. The van der Waals surface area contributed by atoms with Gasteiger partial charge in [0, 0.05) is 11.8 Å². The molecule has 1 aliphatic heterocycles. The van der Waals surface area contributed by atoms with Gasteiger partial charge in [-0.25, -0.2) is 4.98 Å². The predicted molar refractivity (Wildman–Crippen MR) is 98.1 cm³/mol. The number of ether oxygens (including phenoxy) is 3. The third-order valence-corrected chi connectivity index (χ3v) is 4.44. The summed E-state index contributed by atoms with van der Waals surface area (Å²) in [4.78, 5) is 8.87. The molecule has 4 aromatic rings. The van der Waals surface area contributed by atoms with Crippen LogP contribution in [-0.2, 0) is 0 Å². The molecule has 0 amide bonds. The first kappa shape index (κ1) is 15.6. The Morgan fingerprint density at radius 2 is 1.85 bits per heavy atom. The first-order chi connectivity index (χ1) is 13.3. The van der Waals surface area contributed by atoms with E-state index in [1.54, 1.807) is 17.8 Å². The second kappa shape index (κ2) is 6.28. The van der Waals surface area contributed by atoms with Crippen LogP contribution >= 0.6 is 0 Å². The Hall–Kier alpha value is -3.61. The Kier molecular flexibility index (Phi) is 3.64. The predicted octanol–water partition coefficient (Wildman–Crippen LogP) is 3.31. The van der Waals surface area contributed by atoms with Crippen LogP contribution < -0.4 is 14.2 Å². The normalized spacial score (nSPS) is 15.7. The van der Waals surface area contributed by atoms with Crippen LogP contribution in [0.25, 0.3) is 17.0 Å². The molecular formula is C20H16N4O3. The third kappa shape index (κ3) is 2.73. The first-order valence-electron chi connectivity index (χ1n) is 8.56. The summed E-state index contributed by atoms with van der Waals surface area (Å²) in [7, 11) is 1.65. The van der Waals surface area contributed by atoms with E-state index in [0.29, 0.717) is 24.0 Å². The Morgan fingerprint density at radius 3 is 2.67 bits per heavy atom. The zero-order chi connectivity index (χ0) is 18.2. The maximum absolute atomic E-state index is 6.02. The Balaban J connectivity index is 1.52. The lowest BCUT2D eigenvalue weighted by molar-refractivity contribution is 0.0852. The van der Waals surface area contributed by atoms with E-state index < -0.39 is 0 Å². The summed E-state index contributed by atoms with van der Waals surface area (Å²) < 4.78 is 18.7. The molecule has 0 fully saturated rings. The fourth-order valence-electron chi connectivity index (χ4n) is 3.07. The largest absolute Gasteiger partial charge is 0.497 e. The molecular weight excluding hydrogens is 344 g/mol. The topological polar surface area (TPSA) is 70.8 Å². The fourth-order valence-corrected chi connectivity index (χ4v) is 3.07. The van der Waals surface area contributed by atoms with E-state index in [0.717, 1.165) is 22.8 Å². The number of rotatable bonds is 3. The van der Waals surface area contributed by atoms with Gasteiger partial charge in [0.05, 0.1) is 12.8 Å². The van der Waals surface area contributed by atoms with Crippen LogP contribution in [0.3, 0.4) is 0 Å². The van der Waals surface area contributed by atoms with Crippen molar-refractivity contribution in [3.63, 3.8) is 0 Å². The summed E-state index contributed by atoms with van der Waals surface area (Å²) in [5.74, 6) is 3.28. The highest BCUT2D eigenvalue weighted by Gasteiger charge is 2.26. The molecule has 0 saturated carbocycles. The van der Waals surface area contributed by atoms with Gasteiger partial charge >= 0.3 is 0 Å².